The fraction of sp³-hybridized carbons (Fsp3) is 0.533. The molecule has 0 radical (unpaired) electrons. The van der Waals surface area contributed by atoms with Crippen LogP contribution in [0, 0.1) is 17.2 Å². The molecule has 0 saturated heterocycles. The van der Waals surface area contributed by atoms with E-state index in [9.17, 15) is 5.26 Å². The van der Waals surface area contributed by atoms with E-state index in [1.165, 1.54) is 11.3 Å². The average Bonchev–Trinajstić information content (AvgIpc) is 3.17. The first-order valence-electron chi connectivity index (χ1n) is 6.69. The highest BCUT2D eigenvalue weighted by Gasteiger charge is 2.45. The van der Waals surface area contributed by atoms with Crippen molar-refractivity contribution in [3.63, 3.8) is 0 Å². The van der Waals surface area contributed by atoms with Crippen molar-refractivity contribution >= 4 is 5.69 Å². The summed E-state index contributed by atoms with van der Waals surface area (Å²) in [5, 5.41) is 9.39. The third-order valence-electron chi connectivity index (χ3n) is 4.29. The van der Waals surface area contributed by atoms with Crippen molar-refractivity contribution in [2.24, 2.45) is 11.7 Å². The molecule has 1 aliphatic carbocycles. The fourth-order valence-corrected chi connectivity index (χ4v) is 3.01. The largest absolute Gasteiger partial charge is 0.365 e. The number of para-hydroxylation sites is 1. The Labute approximate surface area is 108 Å². The molecule has 1 fully saturated rings. The van der Waals surface area contributed by atoms with Crippen LogP contribution in [0.3, 0.4) is 0 Å². The number of anilines is 1. The van der Waals surface area contributed by atoms with Gasteiger partial charge < -0.3 is 10.6 Å². The number of fused-ring (bicyclic) bond motifs is 1. The predicted molar refractivity (Wildman–Crippen MR) is 72.2 cm³/mol. The van der Waals surface area contributed by atoms with Gasteiger partial charge in [0.2, 0.25) is 0 Å². The van der Waals surface area contributed by atoms with Crippen LogP contribution in [0.25, 0.3) is 0 Å². The predicted octanol–water partition coefficient (Wildman–Crippen LogP) is 2.07. The quantitative estimate of drug-likeness (QED) is 0.881. The second-order valence-corrected chi connectivity index (χ2v) is 5.74. The fourth-order valence-electron chi connectivity index (χ4n) is 3.01. The molecule has 1 aromatic rings. The maximum absolute atomic E-state index is 9.39. The third kappa shape index (κ3) is 1.77. The van der Waals surface area contributed by atoms with Crippen molar-refractivity contribution in [2.45, 2.75) is 37.8 Å². The van der Waals surface area contributed by atoms with Crippen LogP contribution in [0.15, 0.2) is 24.3 Å². The van der Waals surface area contributed by atoms with Crippen LogP contribution >= 0.6 is 0 Å². The Kier molecular flexibility index (Phi) is 2.57. The van der Waals surface area contributed by atoms with Gasteiger partial charge in [0, 0.05) is 18.3 Å². The zero-order chi connectivity index (χ0) is 12.8. The molecular weight excluding hydrogens is 222 g/mol. The van der Waals surface area contributed by atoms with E-state index in [4.69, 9.17) is 5.73 Å². The van der Waals surface area contributed by atoms with Crippen LogP contribution in [-0.2, 0) is 6.42 Å². The van der Waals surface area contributed by atoms with Gasteiger partial charge in [0.15, 0.2) is 0 Å². The Hall–Kier alpha value is -1.53. The second-order valence-electron chi connectivity index (χ2n) is 5.74. The second kappa shape index (κ2) is 4.00. The Morgan fingerprint density at radius 1 is 1.44 bits per heavy atom. The van der Waals surface area contributed by atoms with Gasteiger partial charge >= 0.3 is 0 Å². The summed E-state index contributed by atoms with van der Waals surface area (Å²) >= 11 is 0. The number of hydrogen-bond acceptors (Lipinski definition) is 3. The molecule has 3 nitrogen and oxygen atoms in total. The molecule has 2 aliphatic rings. The Balaban J connectivity index is 1.87. The number of nitrogens with zero attached hydrogens (tertiary/aromatic N) is 2. The molecule has 3 heteroatoms. The average molecular weight is 241 g/mol. The molecule has 3 rings (SSSR count). The van der Waals surface area contributed by atoms with Crippen molar-refractivity contribution < 1.29 is 0 Å². The SMILES string of the molecule is CC1Cc2ccccc2N1CC(N)(C#N)C1CC1. The van der Waals surface area contributed by atoms with Crippen molar-refractivity contribution in [3.8, 4) is 6.07 Å². The number of benzene rings is 1. The van der Waals surface area contributed by atoms with E-state index in [1.807, 2.05) is 0 Å². The van der Waals surface area contributed by atoms with E-state index in [-0.39, 0.29) is 0 Å². The normalized spacial score (nSPS) is 25.4. The van der Waals surface area contributed by atoms with Crippen LogP contribution in [-0.4, -0.2) is 18.1 Å². The minimum Gasteiger partial charge on any atom is -0.365 e. The summed E-state index contributed by atoms with van der Waals surface area (Å²) in [6, 6.07) is 11.3. The summed E-state index contributed by atoms with van der Waals surface area (Å²) in [4.78, 5) is 2.32. The van der Waals surface area contributed by atoms with Gasteiger partial charge in [0.25, 0.3) is 0 Å². The Bertz CT molecular complexity index is 501. The monoisotopic (exact) mass is 241 g/mol. The number of rotatable bonds is 3. The molecule has 0 spiro atoms. The van der Waals surface area contributed by atoms with Crippen LogP contribution in [0.2, 0.25) is 0 Å². The van der Waals surface area contributed by atoms with Crippen molar-refractivity contribution in [2.75, 3.05) is 11.4 Å². The van der Waals surface area contributed by atoms with Gasteiger partial charge in [0.1, 0.15) is 5.54 Å². The van der Waals surface area contributed by atoms with Crippen molar-refractivity contribution in [1.29, 1.82) is 5.26 Å². The van der Waals surface area contributed by atoms with Gasteiger partial charge in [-0.1, -0.05) is 18.2 Å². The minimum atomic E-state index is -0.675. The molecule has 2 atom stereocenters. The van der Waals surface area contributed by atoms with Gasteiger partial charge in [-0.15, -0.1) is 0 Å². The molecule has 2 N–H and O–H groups in total. The zero-order valence-corrected chi connectivity index (χ0v) is 10.8. The van der Waals surface area contributed by atoms with Gasteiger partial charge in [0.05, 0.1) is 6.07 Å². The van der Waals surface area contributed by atoms with E-state index in [0.29, 0.717) is 18.5 Å². The van der Waals surface area contributed by atoms with E-state index in [0.717, 1.165) is 19.3 Å². The Morgan fingerprint density at radius 3 is 2.83 bits per heavy atom. The highest BCUT2D eigenvalue weighted by molar-refractivity contribution is 5.59. The summed E-state index contributed by atoms with van der Waals surface area (Å²) < 4.78 is 0. The first-order valence-corrected chi connectivity index (χ1v) is 6.69. The molecule has 0 bridgehead atoms. The molecular formula is C15H19N3. The van der Waals surface area contributed by atoms with E-state index in [2.05, 4.69) is 42.2 Å². The summed E-state index contributed by atoms with van der Waals surface area (Å²) in [7, 11) is 0. The van der Waals surface area contributed by atoms with Crippen LogP contribution < -0.4 is 10.6 Å². The van der Waals surface area contributed by atoms with Crippen LogP contribution in [0.1, 0.15) is 25.3 Å². The van der Waals surface area contributed by atoms with Gasteiger partial charge in [-0.3, -0.25) is 0 Å². The maximum atomic E-state index is 9.39. The lowest BCUT2D eigenvalue weighted by Crippen LogP contribution is -2.52. The summed E-state index contributed by atoms with van der Waals surface area (Å²) in [6.07, 6.45) is 3.27. The topological polar surface area (TPSA) is 53.0 Å². The van der Waals surface area contributed by atoms with Crippen LogP contribution in [0.5, 0.6) is 0 Å². The lowest BCUT2D eigenvalue weighted by atomic mass is 9.95. The lowest BCUT2D eigenvalue weighted by molar-refractivity contribution is 0.454. The minimum absolute atomic E-state index is 0.391. The van der Waals surface area contributed by atoms with E-state index in [1.54, 1.807) is 0 Å². The Morgan fingerprint density at radius 2 is 2.17 bits per heavy atom. The molecule has 1 heterocycles. The summed E-state index contributed by atoms with van der Waals surface area (Å²) in [5.41, 5.74) is 8.26. The molecule has 18 heavy (non-hydrogen) atoms. The highest BCUT2D eigenvalue weighted by atomic mass is 15.2. The third-order valence-corrected chi connectivity index (χ3v) is 4.29. The molecule has 1 aliphatic heterocycles. The van der Waals surface area contributed by atoms with Crippen LogP contribution in [0.4, 0.5) is 5.69 Å². The standard InChI is InChI=1S/C15H19N3/c1-11-8-12-4-2-3-5-14(12)18(11)10-15(17,9-16)13-6-7-13/h2-5,11,13H,6-8,10,17H2,1H3. The molecule has 1 aromatic carbocycles. The van der Waals surface area contributed by atoms with Crippen molar-refractivity contribution in [3.05, 3.63) is 29.8 Å². The molecule has 2 unspecified atom stereocenters. The summed E-state index contributed by atoms with van der Waals surface area (Å²) in [5.74, 6) is 0.391. The molecule has 94 valence electrons. The number of hydrogen-bond donors (Lipinski definition) is 1. The van der Waals surface area contributed by atoms with Crippen molar-refractivity contribution in [1.82, 2.24) is 0 Å². The van der Waals surface area contributed by atoms with E-state index >= 15 is 0 Å². The summed E-state index contributed by atoms with van der Waals surface area (Å²) in [6.45, 7) is 2.87. The zero-order valence-electron chi connectivity index (χ0n) is 10.8. The van der Waals surface area contributed by atoms with Gasteiger partial charge in [-0.25, -0.2) is 0 Å². The molecule has 1 saturated carbocycles. The van der Waals surface area contributed by atoms with E-state index < -0.39 is 5.54 Å². The highest BCUT2D eigenvalue weighted by Crippen LogP contribution is 2.41. The smallest absolute Gasteiger partial charge is 0.124 e. The van der Waals surface area contributed by atoms with Gasteiger partial charge in [-0.2, -0.15) is 5.26 Å². The lowest BCUT2D eigenvalue weighted by Gasteiger charge is -2.32. The molecule has 0 aromatic heterocycles. The number of nitrogens with two attached hydrogens (primary N) is 1. The number of nitriles is 1. The molecule has 0 amide bonds. The van der Waals surface area contributed by atoms with Gasteiger partial charge in [-0.05, 0) is 43.7 Å². The first-order chi connectivity index (χ1) is 8.64. The first kappa shape index (κ1) is 11.6. The maximum Gasteiger partial charge on any atom is 0.124 e.